The Labute approximate surface area is 128 Å². The number of hydrogen-bond acceptors (Lipinski definition) is 5. The van der Waals surface area contributed by atoms with Crippen LogP contribution in [0.3, 0.4) is 0 Å². The van der Waals surface area contributed by atoms with E-state index < -0.39 is 0 Å². The summed E-state index contributed by atoms with van der Waals surface area (Å²) in [7, 11) is 2.05. The first kappa shape index (κ1) is 13.4. The van der Waals surface area contributed by atoms with Gasteiger partial charge in [0.25, 0.3) is 0 Å². The van der Waals surface area contributed by atoms with Gasteiger partial charge in [0.15, 0.2) is 5.65 Å². The van der Waals surface area contributed by atoms with Gasteiger partial charge in [-0.2, -0.15) is 0 Å². The third-order valence-corrected chi connectivity index (χ3v) is 4.27. The fourth-order valence-corrected chi connectivity index (χ4v) is 3.11. The number of nitrogens with one attached hydrogen (secondary N) is 1. The van der Waals surface area contributed by atoms with E-state index >= 15 is 0 Å². The lowest BCUT2D eigenvalue weighted by Crippen LogP contribution is -2.46. The van der Waals surface area contributed by atoms with E-state index in [4.69, 9.17) is 0 Å². The minimum absolute atomic E-state index is 0.279. The fraction of sp³-hybridized carbons (Fsp3) is 0.400. The molecule has 7 nitrogen and oxygen atoms in total. The second-order valence-electron chi connectivity index (χ2n) is 5.64. The monoisotopic (exact) mass is 297 g/mol. The lowest BCUT2D eigenvalue weighted by atomic mass is 10.1. The van der Waals surface area contributed by atoms with Crippen LogP contribution in [0.15, 0.2) is 37.2 Å². The van der Waals surface area contributed by atoms with Crippen LogP contribution in [0.2, 0.25) is 0 Å². The average molecular weight is 297 g/mol. The summed E-state index contributed by atoms with van der Waals surface area (Å²) in [6.07, 6.45) is 11.4. The molecule has 0 radical (unpaired) electrons. The van der Waals surface area contributed by atoms with Crippen molar-refractivity contribution in [1.82, 2.24) is 34.1 Å². The molecule has 3 aromatic heterocycles. The van der Waals surface area contributed by atoms with Gasteiger partial charge in [0.2, 0.25) is 0 Å². The fourth-order valence-electron chi connectivity index (χ4n) is 3.11. The highest BCUT2D eigenvalue weighted by molar-refractivity contribution is 5.36. The van der Waals surface area contributed by atoms with Crippen molar-refractivity contribution in [2.75, 3.05) is 19.6 Å². The van der Waals surface area contributed by atoms with Crippen LogP contribution < -0.4 is 5.32 Å². The van der Waals surface area contributed by atoms with Gasteiger partial charge in [-0.3, -0.25) is 14.3 Å². The minimum Gasteiger partial charge on any atom is -0.337 e. The summed E-state index contributed by atoms with van der Waals surface area (Å²) in [6, 6.07) is 0.279. The molecule has 7 heteroatoms. The first-order valence-corrected chi connectivity index (χ1v) is 7.51. The number of piperazine rings is 1. The van der Waals surface area contributed by atoms with E-state index in [1.165, 1.54) is 5.69 Å². The van der Waals surface area contributed by atoms with Crippen molar-refractivity contribution in [2.45, 2.75) is 12.6 Å². The lowest BCUT2D eigenvalue weighted by molar-refractivity contribution is 0.142. The largest absolute Gasteiger partial charge is 0.337 e. The third-order valence-electron chi connectivity index (χ3n) is 4.27. The van der Waals surface area contributed by atoms with Crippen molar-refractivity contribution in [2.24, 2.45) is 7.05 Å². The SMILES string of the molecule is Cn1ccnc1C1CNCCN1Cc1cnc2cnccn12. The molecule has 1 saturated heterocycles. The zero-order valence-electron chi connectivity index (χ0n) is 12.6. The van der Waals surface area contributed by atoms with Gasteiger partial charge in [0.05, 0.1) is 24.1 Å². The van der Waals surface area contributed by atoms with E-state index in [1.54, 1.807) is 12.4 Å². The molecule has 22 heavy (non-hydrogen) atoms. The van der Waals surface area contributed by atoms with Crippen LogP contribution in [0.5, 0.6) is 0 Å². The Morgan fingerprint density at radius 3 is 3.05 bits per heavy atom. The van der Waals surface area contributed by atoms with Crippen LogP contribution in [0.4, 0.5) is 0 Å². The summed E-state index contributed by atoms with van der Waals surface area (Å²) < 4.78 is 4.20. The smallest absolute Gasteiger partial charge is 0.155 e. The zero-order valence-corrected chi connectivity index (χ0v) is 12.6. The van der Waals surface area contributed by atoms with E-state index in [2.05, 4.69) is 41.2 Å². The summed E-state index contributed by atoms with van der Waals surface area (Å²) in [4.78, 5) is 15.5. The third kappa shape index (κ3) is 2.28. The van der Waals surface area contributed by atoms with Crippen molar-refractivity contribution in [3.63, 3.8) is 0 Å². The first-order chi connectivity index (χ1) is 10.8. The van der Waals surface area contributed by atoms with Crippen LogP contribution >= 0.6 is 0 Å². The highest BCUT2D eigenvalue weighted by atomic mass is 15.3. The predicted molar refractivity (Wildman–Crippen MR) is 82.2 cm³/mol. The quantitative estimate of drug-likeness (QED) is 0.767. The molecule has 1 atom stereocenters. The van der Waals surface area contributed by atoms with Gasteiger partial charge in [-0.15, -0.1) is 0 Å². The zero-order chi connectivity index (χ0) is 14.9. The number of rotatable bonds is 3. The van der Waals surface area contributed by atoms with Crippen molar-refractivity contribution >= 4 is 5.65 Å². The maximum Gasteiger partial charge on any atom is 0.155 e. The van der Waals surface area contributed by atoms with E-state index in [-0.39, 0.29) is 6.04 Å². The molecular formula is C15H19N7. The summed E-state index contributed by atoms with van der Waals surface area (Å²) in [5.41, 5.74) is 2.07. The standard InChI is InChI=1S/C15H19N7/c1-20-5-4-18-15(20)13-9-16-2-6-21(13)11-12-8-19-14-10-17-3-7-22(12)14/h3-5,7-8,10,13,16H,2,6,9,11H2,1H3. The molecule has 3 aromatic rings. The van der Waals surface area contributed by atoms with Gasteiger partial charge >= 0.3 is 0 Å². The Kier molecular flexibility index (Phi) is 3.36. The molecule has 1 N–H and O–H groups in total. The highest BCUT2D eigenvalue weighted by Gasteiger charge is 2.27. The Balaban J connectivity index is 1.64. The number of nitrogens with zero attached hydrogens (tertiary/aromatic N) is 6. The second-order valence-corrected chi connectivity index (χ2v) is 5.64. The van der Waals surface area contributed by atoms with E-state index in [9.17, 15) is 0 Å². The Bertz CT molecular complexity index is 775. The number of fused-ring (bicyclic) bond motifs is 1. The van der Waals surface area contributed by atoms with Gasteiger partial charge in [0.1, 0.15) is 5.82 Å². The maximum atomic E-state index is 4.53. The predicted octanol–water partition coefficient (Wildman–Crippen LogP) is 0.609. The topological polar surface area (TPSA) is 63.3 Å². The summed E-state index contributed by atoms with van der Waals surface area (Å²) in [5.74, 6) is 1.10. The number of aromatic nitrogens is 5. The molecule has 4 rings (SSSR count). The molecule has 0 aromatic carbocycles. The summed E-state index contributed by atoms with van der Waals surface area (Å²) in [5, 5.41) is 3.47. The van der Waals surface area contributed by atoms with E-state index in [0.29, 0.717) is 0 Å². The molecule has 0 aliphatic carbocycles. The highest BCUT2D eigenvalue weighted by Crippen LogP contribution is 2.22. The van der Waals surface area contributed by atoms with Gasteiger partial charge in [0, 0.05) is 58.0 Å². The molecule has 4 heterocycles. The van der Waals surface area contributed by atoms with Crippen molar-refractivity contribution in [3.8, 4) is 0 Å². The van der Waals surface area contributed by atoms with Crippen LogP contribution in [-0.2, 0) is 13.6 Å². The van der Waals surface area contributed by atoms with Gasteiger partial charge in [-0.1, -0.05) is 0 Å². The van der Waals surface area contributed by atoms with E-state index in [0.717, 1.165) is 37.7 Å². The number of hydrogen-bond donors (Lipinski definition) is 1. The van der Waals surface area contributed by atoms with Gasteiger partial charge in [-0.05, 0) is 0 Å². The van der Waals surface area contributed by atoms with Crippen LogP contribution in [0.25, 0.3) is 5.65 Å². The molecule has 0 amide bonds. The van der Waals surface area contributed by atoms with Crippen molar-refractivity contribution in [1.29, 1.82) is 0 Å². The summed E-state index contributed by atoms with van der Waals surface area (Å²) >= 11 is 0. The normalized spacial score (nSPS) is 19.8. The summed E-state index contributed by atoms with van der Waals surface area (Å²) in [6.45, 7) is 3.77. The lowest BCUT2D eigenvalue weighted by Gasteiger charge is -2.35. The average Bonchev–Trinajstić information content (AvgIpc) is 3.15. The molecule has 114 valence electrons. The number of aryl methyl sites for hydroxylation is 1. The maximum absolute atomic E-state index is 4.53. The van der Waals surface area contributed by atoms with Crippen LogP contribution in [0.1, 0.15) is 17.6 Å². The van der Waals surface area contributed by atoms with E-state index in [1.807, 2.05) is 24.8 Å². The second kappa shape index (κ2) is 5.51. The van der Waals surface area contributed by atoms with Gasteiger partial charge in [-0.25, -0.2) is 9.97 Å². The Morgan fingerprint density at radius 1 is 1.23 bits per heavy atom. The van der Waals surface area contributed by atoms with Crippen molar-refractivity contribution < 1.29 is 0 Å². The first-order valence-electron chi connectivity index (χ1n) is 7.51. The van der Waals surface area contributed by atoms with Crippen LogP contribution in [0, 0.1) is 0 Å². The molecule has 1 aliphatic heterocycles. The molecule has 0 saturated carbocycles. The molecule has 1 fully saturated rings. The minimum atomic E-state index is 0.279. The molecule has 1 aliphatic rings. The molecule has 0 spiro atoms. The van der Waals surface area contributed by atoms with Crippen molar-refractivity contribution in [3.05, 3.63) is 48.7 Å². The molecule has 0 bridgehead atoms. The Hall–Kier alpha value is -2.25. The van der Waals surface area contributed by atoms with Gasteiger partial charge < -0.3 is 9.88 Å². The molecule has 1 unspecified atom stereocenters. The number of imidazole rings is 2. The van der Waals surface area contributed by atoms with Crippen LogP contribution in [-0.4, -0.2) is 48.5 Å². The Morgan fingerprint density at radius 2 is 2.18 bits per heavy atom. The molecular weight excluding hydrogens is 278 g/mol.